The first-order chi connectivity index (χ1) is 12.4. The normalized spacial score (nSPS) is 11.2. The Hall–Kier alpha value is -2.89. The lowest BCUT2D eigenvalue weighted by atomic mass is 10.1. The van der Waals surface area contributed by atoms with Crippen LogP contribution in [0.25, 0.3) is 5.69 Å². The number of nitrogens with zero attached hydrogens (tertiary/aromatic N) is 3. The van der Waals surface area contributed by atoms with E-state index in [1.54, 1.807) is 6.92 Å². The van der Waals surface area contributed by atoms with Crippen LogP contribution in [0.5, 0.6) is 0 Å². The first-order valence-electron chi connectivity index (χ1n) is 8.62. The fourth-order valence-corrected chi connectivity index (χ4v) is 2.87. The van der Waals surface area contributed by atoms with Gasteiger partial charge >= 0.3 is 5.97 Å². The molecule has 0 aliphatic rings. The summed E-state index contributed by atoms with van der Waals surface area (Å²) in [4.78, 5) is 12.4. The van der Waals surface area contributed by atoms with Gasteiger partial charge in [-0.05, 0) is 44.5 Å². The Morgan fingerprint density at radius 3 is 2.46 bits per heavy atom. The van der Waals surface area contributed by atoms with Gasteiger partial charge in [-0.1, -0.05) is 31.1 Å². The molecule has 0 atom stereocenters. The molecule has 1 aromatic carbocycles. The summed E-state index contributed by atoms with van der Waals surface area (Å²) in [6.07, 6.45) is 0. The number of esters is 1. The number of rotatable bonds is 5. The third kappa shape index (κ3) is 3.54. The quantitative estimate of drug-likeness (QED) is 0.641. The number of benzene rings is 1. The van der Waals surface area contributed by atoms with Crippen LogP contribution in [0.15, 0.2) is 34.9 Å². The SMILES string of the molecule is Cc1cc(C)n(-c2ccc(COC(=O)c3c(C)noc3C(C)C)cc2)n1. The Morgan fingerprint density at radius 1 is 1.19 bits per heavy atom. The molecule has 0 radical (unpaired) electrons. The van der Waals surface area contributed by atoms with Crippen LogP contribution in [-0.4, -0.2) is 20.9 Å². The van der Waals surface area contributed by atoms with Crippen molar-refractivity contribution >= 4 is 5.97 Å². The maximum Gasteiger partial charge on any atom is 0.344 e. The van der Waals surface area contributed by atoms with Crippen LogP contribution in [0, 0.1) is 20.8 Å². The van der Waals surface area contributed by atoms with Crippen molar-refractivity contribution in [3.8, 4) is 5.69 Å². The molecule has 0 N–H and O–H groups in total. The van der Waals surface area contributed by atoms with E-state index >= 15 is 0 Å². The Labute approximate surface area is 152 Å². The van der Waals surface area contributed by atoms with Crippen molar-refractivity contribution in [2.75, 3.05) is 0 Å². The molecule has 6 heteroatoms. The zero-order valence-electron chi connectivity index (χ0n) is 15.7. The van der Waals surface area contributed by atoms with Crippen molar-refractivity contribution in [2.24, 2.45) is 0 Å². The van der Waals surface area contributed by atoms with Gasteiger partial charge in [-0.15, -0.1) is 0 Å². The topological polar surface area (TPSA) is 70.2 Å². The van der Waals surface area contributed by atoms with Crippen LogP contribution in [-0.2, 0) is 11.3 Å². The predicted molar refractivity (Wildman–Crippen MR) is 97.5 cm³/mol. The highest BCUT2D eigenvalue weighted by Gasteiger charge is 2.23. The van der Waals surface area contributed by atoms with Crippen molar-refractivity contribution in [2.45, 2.75) is 47.1 Å². The van der Waals surface area contributed by atoms with E-state index in [9.17, 15) is 4.79 Å². The second kappa shape index (κ2) is 7.15. The Bertz CT molecular complexity index is 920. The molecule has 0 saturated heterocycles. The number of carbonyl (C=O) groups excluding carboxylic acids is 1. The van der Waals surface area contributed by atoms with E-state index in [2.05, 4.69) is 10.3 Å². The van der Waals surface area contributed by atoms with Gasteiger partial charge in [-0.3, -0.25) is 0 Å². The lowest BCUT2D eigenvalue weighted by molar-refractivity contribution is 0.0468. The van der Waals surface area contributed by atoms with Crippen LogP contribution in [0.1, 0.15) is 58.5 Å². The first-order valence-corrected chi connectivity index (χ1v) is 8.62. The van der Waals surface area contributed by atoms with Crippen LogP contribution >= 0.6 is 0 Å². The summed E-state index contributed by atoms with van der Waals surface area (Å²) in [5, 5.41) is 8.35. The second-order valence-corrected chi connectivity index (χ2v) is 6.74. The van der Waals surface area contributed by atoms with E-state index in [-0.39, 0.29) is 12.5 Å². The number of ether oxygens (including phenoxy) is 1. The average Bonchev–Trinajstić information content (AvgIpc) is 3.15. The van der Waals surface area contributed by atoms with Crippen molar-refractivity contribution in [3.05, 3.63) is 64.3 Å². The van der Waals surface area contributed by atoms with Gasteiger partial charge in [0.2, 0.25) is 0 Å². The maximum atomic E-state index is 12.4. The van der Waals surface area contributed by atoms with Crippen molar-refractivity contribution in [1.29, 1.82) is 0 Å². The first kappa shape index (κ1) is 17.9. The average molecular weight is 353 g/mol. The van der Waals surface area contributed by atoms with Crippen LogP contribution in [0.3, 0.4) is 0 Å². The van der Waals surface area contributed by atoms with Crippen molar-refractivity contribution in [3.63, 3.8) is 0 Å². The highest BCUT2D eigenvalue weighted by molar-refractivity contribution is 5.91. The number of hydrogen-bond acceptors (Lipinski definition) is 5. The molecule has 3 aromatic rings. The standard InChI is InChI=1S/C20H23N3O3/c1-12(2)19-18(15(5)22-26-19)20(24)25-11-16-6-8-17(9-7-16)23-14(4)10-13(3)21-23/h6-10,12H,11H2,1-5H3. The zero-order chi connectivity index (χ0) is 18.8. The molecule has 6 nitrogen and oxygen atoms in total. The number of carbonyl (C=O) groups is 1. The molecule has 0 bridgehead atoms. The van der Waals surface area contributed by atoms with E-state index in [0.29, 0.717) is 17.0 Å². The molecule has 0 fully saturated rings. The zero-order valence-corrected chi connectivity index (χ0v) is 15.7. The monoisotopic (exact) mass is 353 g/mol. The molecule has 136 valence electrons. The fourth-order valence-electron chi connectivity index (χ4n) is 2.87. The largest absolute Gasteiger partial charge is 0.457 e. The van der Waals surface area contributed by atoms with Gasteiger partial charge in [0.05, 0.1) is 17.1 Å². The number of aromatic nitrogens is 3. The van der Waals surface area contributed by atoms with Gasteiger partial charge in [0.1, 0.15) is 12.2 Å². The highest BCUT2D eigenvalue weighted by atomic mass is 16.5. The molecule has 2 aromatic heterocycles. The van der Waals surface area contributed by atoms with Gasteiger partial charge < -0.3 is 9.26 Å². The molecule has 0 unspecified atom stereocenters. The van der Waals surface area contributed by atoms with Crippen LogP contribution < -0.4 is 0 Å². The molecular formula is C20H23N3O3. The van der Waals surface area contributed by atoms with Crippen molar-refractivity contribution in [1.82, 2.24) is 14.9 Å². The van der Waals surface area contributed by atoms with Crippen molar-refractivity contribution < 1.29 is 14.1 Å². The van der Waals surface area contributed by atoms with E-state index < -0.39 is 5.97 Å². The van der Waals surface area contributed by atoms with E-state index in [1.807, 2.05) is 62.7 Å². The third-order valence-corrected chi connectivity index (χ3v) is 4.18. The van der Waals surface area contributed by atoms with E-state index in [0.717, 1.165) is 22.6 Å². The minimum absolute atomic E-state index is 0.0683. The van der Waals surface area contributed by atoms with Gasteiger partial charge in [-0.25, -0.2) is 9.48 Å². The molecule has 0 spiro atoms. The number of hydrogen-bond donors (Lipinski definition) is 0. The van der Waals surface area contributed by atoms with Gasteiger partial charge in [0.25, 0.3) is 0 Å². The molecule has 0 aliphatic heterocycles. The summed E-state index contributed by atoms with van der Waals surface area (Å²) >= 11 is 0. The van der Waals surface area contributed by atoms with Gasteiger partial charge in [0.15, 0.2) is 5.76 Å². The lowest BCUT2D eigenvalue weighted by Gasteiger charge is -2.08. The smallest absolute Gasteiger partial charge is 0.344 e. The Morgan fingerprint density at radius 2 is 1.88 bits per heavy atom. The highest BCUT2D eigenvalue weighted by Crippen LogP contribution is 2.23. The van der Waals surface area contributed by atoms with Gasteiger partial charge in [0, 0.05) is 11.6 Å². The minimum atomic E-state index is -0.407. The predicted octanol–water partition coefficient (Wildman–Crippen LogP) is 4.27. The summed E-state index contributed by atoms with van der Waals surface area (Å²) in [6.45, 7) is 9.83. The second-order valence-electron chi connectivity index (χ2n) is 6.74. The van der Waals surface area contributed by atoms with Gasteiger partial charge in [-0.2, -0.15) is 5.10 Å². The molecule has 3 rings (SSSR count). The van der Waals surface area contributed by atoms with E-state index in [1.165, 1.54) is 0 Å². The third-order valence-electron chi connectivity index (χ3n) is 4.18. The maximum absolute atomic E-state index is 12.4. The Kier molecular flexibility index (Phi) is 4.93. The molecular weight excluding hydrogens is 330 g/mol. The Balaban J connectivity index is 1.70. The summed E-state index contributed by atoms with van der Waals surface area (Å²) in [6, 6.07) is 9.83. The fraction of sp³-hybridized carbons (Fsp3) is 0.350. The van der Waals surface area contributed by atoms with Crippen LogP contribution in [0.4, 0.5) is 0 Å². The molecule has 0 aliphatic carbocycles. The van der Waals surface area contributed by atoms with Crippen LogP contribution in [0.2, 0.25) is 0 Å². The summed E-state index contributed by atoms with van der Waals surface area (Å²) in [5.41, 5.74) is 4.92. The molecule has 2 heterocycles. The summed E-state index contributed by atoms with van der Waals surface area (Å²) in [7, 11) is 0. The van der Waals surface area contributed by atoms with E-state index in [4.69, 9.17) is 9.26 Å². The number of aryl methyl sites for hydroxylation is 3. The summed E-state index contributed by atoms with van der Waals surface area (Å²) < 4.78 is 12.6. The lowest BCUT2D eigenvalue weighted by Crippen LogP contribution is -2.09. The minimum Gasteiger partial charge on any atom is -0.457 e. The molecule has 26 heavy (non-hydrogen) atoms. The molecule has 0 saturated carbocycles. The summed E-state index contributed by atoms with van der Waals surface area (Å²) in [5.74, 6) is 0.223. The molecule has 0 amide bonds.